The number of nitrogens with one attached hydrogen (secondary N) is 1. The molecule has 0 radical (unpaired) electrons. The molecule has 0 saturated carbocycles. The lowest BCUT2D eigenvalue weighted by molar-refractivity contribution is -0.126. The van der Waals surface area contributed by atoms with Gasteiger partial charge in [0.2, 0.25) is 15.9 Å². The predicted molar refractivity (Wildman–Crippen MR) is 126 cm³/mol. The number of aryl methyl sites for hydroxylation is 2. The monoisotopic (exact) mass is 469 g/mol. The average Bonchev–Trinajstić information content (AvgIpc) is 3.30. The molecule has 2 aliphatic rings. The summed E-state index contributed by atoms with van der Waals surface area (Å²) in [7, 11) is -0.121. The molecule has 0 spiro atoms. The van der Waals surface area contributed by atoms with E-state index in [4.69, 9.17) is 0 Å². The van der Waals surface area contributed by atoms with E-state index in [0.717, 1.165) is 30.4 Å². The molecule has 7 nitrogen and oxygen atoms in total. The van der Waals surface area contributed by atoms with Crippen molar-refractivity contribution in [2.24, 2.45) is 5.92 Å². The first-order valence-corrected chi connectivity index (χ1v) is 12.9. The quantitative estimate of drug-likeness (QED) is 0.705. The summed E-state index contributed by atoms with van der Waals surface area (Å²) < 4.78 is 27.7. The van der Waals surface area contributed by atoms with E-state index in [2.05, 4.69) is 5.32 Å². The largest absolute Gasteiger partial charge is 0.352 e. The van der Waals surface area contributed by atoms with Crippen LogP contribution in [0.25, 0.3) is 0 Å². The van der Waals surface area contributed by atoms with Crippen molar-refractivity contribution in [1.82, 2.24) is 14.5 Å². The fraction of sp³-hybridized carbons (Fsp3) is 0.440. The Labute approximate surface area is 195 Å². The zero-order valence-corrected chi connectivity index (χ0v) is 20.0. The molecule has 1 saturated heterocycles. The second kappa shape index (κ2) is 9.65. The fourth-order valence-corrected chi connectivity index (χ4v) is 6.09. The maximum Gasteiger partial charge on any atom is 0.253 e. The Morgan fingerprint density at radius 1 is 1.00 bits per heavy atom. The van der Waals surface area contributed by atoms with Gasteiger partial charge in [-0.3, -0.25) is 9.59 Å². The molecule has 2 amide bonds. The van der Waals surface area contributed by atoms with E-state index in [1.165, 1.54) is 14.8 Å². The van der Waals surface area contributed by atoms with Crippen LogP contribution in [-0.2, 0) is 34.2 Å². The highest BCUT2D eigenvalue weighted by molar-refractivity contribution is 7.89. The standard InChI is InChI=1S/C25H31N3O4S/c1-27(2)25(30)21-8-6-18(7-9-21)17-26-24(29)20-12-14-28(15-13-20)33(31,32)23-11-10-19-4-3-5-22(19)16-23/h6-11,16,20H,3-5,12-15,17H2,1-2H3,(H,26,29). The molecule has 1 N–H and O–H groups in total. The Kier molecular flexibility index (Phi) is 6.86. The van der Waals surface area contributed by atoms with Crippen LogP contribution in [0.3, 0.4) is 0 Å². The number of piperidine rings is 1. The summed E-state index contributed by atoms with van der Waals surface area (Å²) in [5, 5.41) is 2.95. The number of nitrogens with zero attached hydrogens (tertiary/aromatic N) is 2. The summed E-state index contributed by atoms with van der Waals surface area (Å²) in [4.78, 5) is 26.5. The van der Waals surface area contributed by atoms with Crippen molar-refractivity contribution in [2.45, 2.75) is 43.5 Å². The lowest BCUT2D eigenvalue weighted by atomic mass is 9.97. The zero-order valence-electron chi connectivity index (χ0n) is 19.2. The van der Waals surface area contributed by atoms with Gasteiger partial charge in [0.15, 0.2) is 0 Å². The number of hydrogen-bond donors (Lipinski definition) is 1. The minimum Gasteiger partial charge on any atom is -0.352 e. The summed E-state index contributed by atoms with van der Waals surface area (Å²) in [6.45, 7) is 1.07. The smallest absolute Gasteiger partial charge is 0.253 e. The van der Waals surface area contributed by atoms with Gasteiger partial charge in [-0.25, -0.2) is 8.42 Å². The van der Waals surface area contributed by atoms with Crippen LogP contribution in [-0.4, -0.2) is 56.6 Å². The molecular weight excluding hydrogens is 438 g/mol. The lowest BCUT2D eigenvalue weighted by Crippen LogP contribution is -2.42. The van der Waals surface area contributed by atoms with Gasteiger partial charge < -0.3 is 10.2 Å². The van der Waals surface area contributed by atoms with Crippen LogP contribution in [0.4, 0.5) is 0 Å². The van der Waals surface area contributed by atoms with Crippen LogP contribution < -0.4 is 5.32 Å². The summed E-state index contributed by atoms with van der Waals surface area (Å²) in [5.41, 5.74) is 3.91. The van der Waals surface area contributed by atoms with E-state index in [9.17, 15) is 18.0 Å². The van der Waals surface area contributed by atoms with E-state index >= 15 is 0 Å². The van der Waals surface area contributed by atoms with Gasteiger partial charge >= 0.3 is 0 Å². The van der Waals surface area contributed by atoms with Crippen molar-refractivity contribution < 1.29 is 18.0 Å². The number of hydrogen-bond acceptors (Lipinski definition) is 4. The van der Waals surface area contributed by atoms with Gasteiger partial charge in [-0.05, 0) is 73.1 Å². The molecule has 0 atom stereocenters. The third kappa shape index (κ3) is 5.12. The number of fused-ring (bicyclic) bond motifs is 1. The van der Waals surface area contributed by atoms with E-state index in [-0.39, 0.29) is 17.7 Å². The van der Waals surface area contributed by atoms with Gasteiger partial charge in [-0.1, -0.05) is 18.2 Å². The Morgan fingerprint density at radius 3 is 2.33 bits per heavy atom. The minimum absolute atomic E-state index is 0.0574. The molecule has 1 aliphatic carbocycles. The highest BCUT2D eigenvalue weighted by Gasteiger charge is 2.32. The van der Waals surface area contributed by atoms with Crippen LogP contribution in [0, 0.1) is 5.92 Å². The molecule has 33 heavy (non-hydrogen) atoms. The van der Waals surface area contributed by atoms with Gasteiger partial charge in [0.25, 0.3) is 5.91 Å². The van der Waals surface area contributed by atoms with Crippen molar-refractivity contribution in [2.75, 3.05) is 27.2 Å². The molecule has 1 fully saturated rings. The maximum atomic E-state index is 13.1. The molecule has 4 rings (SSSR count). The fourth-order valence-electron chi connectivity index (χ4n) is 4.57. The SMILES string of the molecule is CN(C)C(=O)c1ccc(CNC(=O)C2CCN(S(=O)(=O)c3ccc4c(c3)CCC4)CC2)cc1. The molecule has 176 valence electrons. The number of sulfonamides is 1. The minimum atomic E-state index is -3.53. The first kappa shape index (κ1) is 23.4. The summed E-state index contributed by atoms with van der Waals surface area (Å²) >= 11 is 0. The van der Waals surface area contributed by atoms with Gasteiger partial charge in [0.1, 0.15) is 0 Å². The van der Waals surface area contributed by atoms with Gasteiger partial charge in [-0.2, -0.15) is 4.31 Å². The Morgan fingerprint density at radius 2 is 1.67 bits per heavy atom. The molecule has 2 aromatic carbocycles. The first-order valence-electron chi connectivity index (χ1n) is 11.5. The Balaban J connectivity index is 1.29. The second-order valence-corrected chi connectivity index (χ2v) is 11.0. The summed E-state index contributed by atoms with van der Waals surface area (Å²) in [6.07, 6.45) is 4.06. The molecule has 1 aliphatic heterocycles. The van der Waals surface area contributed by atoms with Crippen LogP contribution in [0.2, 0.25) is 0 Å². The number of rotatable bonds is 6. The van der Waals surface area contributed by atoms with Gasteiger partial charge in [-0.15, -0.1) is 0 Å². The highest BCUT2D eigenvalue weighted by Crippen LogP contribution is 2.28. The number of benzene rings is 2. The molecule has 1 heterocycles. The van der Waals surface area contributed by atoms with Gasteiger partial charge in [0, 0.05) is 45.2 Å². The highest BCUT2D eigenvalue weighted by atomic mass is 32.2. The molecular formula is C25H31N3O4S. The van der Waals surface area contributed by atoms with E-state index in [1.54, 1.807) is 32.3 Å². The van der Waals surface area contributed by atoms with Crippen molar-refractivity contribution in [3.63, 3.8) is 0 Å². The van der Waals surface area contributed by atoms with E-state index in [1.807, 2.05) is 24.3 Å². The van der Waals surface area contributed by atoms with Crippen LogP contribution in [0.15, 0.2) is 47.4 Å². The summed E-state index contributed by atoms with van der Waals surface area (Å²) in [6, 6.07) is 12.7. The molecule has 8 heteroatoms. The second-order valence-electron chi connectivity index (χ2n) is 9.08. The molecule has 0 bridgehead atoms. The number of carbonyl (C=O) groups excluding carboxylic acids is 2. The van der Waals surface area contributed by atoms with E-state index < -0.39 is 10.0 Å². The summed E-state index contributed by atoms with van der Waals surface area (Å²) in [5.74, 6) is -0.323. The average molecular weight is 470 g/mol. The van der Waals surface area contributed by atoms with Crippen molar-refractivity contribution in [3.05, 3.63) is 64.7 Å². The number of carbonyl (C=O) groups is 2. The van der Waals surface area contributed by atoms with Crippen LogP contribution in [0.5, 0.6) is 0 Å². The molecule has 0 aromatic heterocycles. The lowest BCUT2D eigenvalue weighted by Gasteiger charge is -2.30. The first-order chi connectivity index (χ1) is 15.8. The van der Waals surface area contributed by atoms with Crippen LogP contribution >= 0.6 is 0 Å². The van der Waals surface area contributed by atoms with Gasteiger partial charge in [0.05, 0.1) is 4.90 Å². The predicted octanol–water partition coefficient (Wildman–Crippen LogP) is 2.59. The van der Waals surface area contributed by atoms with E-state index in [0.29, 0.717) is 42.9 Å². The van der Waals surface area contributed by atoms with Crippen molar-refractivity contribution in [1.29, 1.82) is 0 Å². The maximum absolute atomic E-state index is 13.1. The van der Waals surface area contributed by atoms with Crippen molar-refractivity contribution >= 4 is 21.8 Å². The third-order valence-electron chi connectivity index (χ3n) is 6.61. The number of amides is 2. The topological polar surface area (TPSA) is 86.8 Å². The Hall–Kier alpha value is -2.71. The van der Waals surface area contributed by atoms with Crippen LogP contribution in [0.1, 0.15) is 46.3 Å². The Bertz CT molecular complexity index is 1130. The van der Waals surface area contributed by atoms with Crippen molar-refractivity contribution in [3.8, 4) is 0 Å². The zero-order chi connectivity index (χ0) is 23.6. The normalized spacial score (nSPS) is 16.9. The third-order valence-corrected chi connectivity index (χ3v) is 8.50. The molecule has 2 aromatic rings. The molecule has 0 unspecified atom stereocenters.